The molecular weight excluding hydrogens is 329 g/mol. The fourth-order valence-corrected chi connectivity index (χ4v) is 1.90. The minimum atomic E-state index is -5.03. The van der Waals surface area contributed by atoms with Gasteiger partial charge in [0.1, 0.15) is 11.8 Å². The fraction of sp³-hybridized carbons (Fsp3) is 0.533. The number of esters is 1. The van der Waals surface area contributed by atoms with E-state index in [-0.39, 0.29) is 23.8 Å². The molecule has 0 fully saturated rings. The second kappa shape index (κ2) is 7.98. The van der Waals surface area contributed by atoms with Crippen molar-refractivity contribution in [2.24, 2.45) is 5.92 Å². The van der Waals surface area contributed by atoms with Gasteiger partial charge in [-0.2, -0.15) is 13.2 Å². The average Bonchev–Trinajstić information content (AvgIpc) is 2.91. The molecule has 0 aliphatic heterocycles. The van der Waals surface area contributed by atoms with Crippen LogP contribution in [0.5, 0.6) is 0 Å². The van der Waals surface area contributed by atoms with E-state index in [0.29, 0.717) is 6.42 Å². The van der Waals surface area contributed by atoms with Gasteiger partial charge in [0.25, 0.3) is 0 Å². The molecule has 0 spiro atoms. The molecule has 0 aromatic carbocycles. The maximum absolute atomic E-state index is 12.5. The highest BCUT2D eigenvalue weighted by atomic mass is 19.4. The molecule has 1 N–H and O–H groups in total. The summed E-state index contributed by atoms with van der Waals surface area (Å²) in [5, 5.41) is 1.83. The lowest BCUT2D eigenvalue weighted by atomic mass is 10.0. The van der Waals surface area contributed by atoms with Crippen molar-refractivity contribution in [2.45, 2.75) is 38.9 Å². The number of halogens is 3. The Morgan fingerprint density at radius 2 is 2.04 bits per heavy atom. The van der Waals surface area contributed by atoms with E-state index in [1.807, 2.05) is 5.32 Å². The van der Waals surface area contributed by atoms with E-state index in [1.165, 1.54) is 0 Å². The third-order valence-corrected chi connectivity index (χ3v) is 3.14. The molecule has 134 valence electrons. The monoisotopic (exact) mass is 348 g/mol. The maximum Gasteiger partial charge on any atom is 0.471 e. The quantitative estimate of drug-likeness (QED) is 0.605. The van der Waals surface area contributed by atoms with Crippen molar-refractivity contribution in [3.63, 3.8) is 0 Å². The molecule has 0 aliphatic carbocycles. The van der Waals surface area contributed by atoms with Crippen LogP contribution in [0.2, 0.25) is 0 Å². The molecule has 9 heteroatoms. The Kier molecular flexibility index (Phi) is 6.56. The molecule has 0 saturated heterocycles. The molecule has 6 nitrogen and oxygen atoms in total. The molecular formula is C15H19F3N2O4. The molecule has 0 aliphatic rings. The summed E-state index contributed by atoms with van der Waals surface area (Å²) < 4.78 is 47.4. The number of aryl methyl sites for hydroxylation is 1. The van der Waals surface area contributed by atoms with E-state index in [0.717, 1.165) is 7.11 Å². The zero-order chi connectivity index (χ0) is 18.5. The zero-order valence-electron chi connectivity index (χ0n) is 13.6. The molecule has 1 aromatic rings. The van der Waals surface area contributed by atoms with Crippen LogP contribution in [0, 0.1) is 5.92 Å². The summed E-state index contributed by atoms with van der Waals surface area (Å²) in [5.41, 5.74) is -0.124. The standard InChI is InChI=1S/C15H19F3N2O4/c1-5-6-7-9-11(13(21)23-4)19-12(24-9)10(8(2)3)20-14(22)15(16,17)18/h5,8,10H,1,6-7H2,2-4H3,(H,20,22). The van der Waals surface area contributed by atoms with Gasteiger partial charge in [-0.15, -0.1) is 6.58 Å². The smallest absolute Gasteiger partial charge is 0.464 e. The van der Waals surface area contributed by atoms with Crippen LogP contribution in [0.25, 0.3) is 0 Å². The first-order valence-corrected chi connectivity index (χ1v) is 7.18. The third-order valence-electron chi connectivity index (χ3n) is 3.14. The first-order valence-electron chi connectivity index (χ1n) is 7.18. The Labute approximate surface area is 137 Å². The summed E-state index contributed by atoms with van der Waals surface area (Å²) in [6.07, 6.45) is -2.69. The SMILES string of the molecule is C=CCCc1oc(C(NC(=O)C(F)(F)F)C(C)C)nc1C(=O)OC. The van der Waals surface area contributed by atoms with Gasteiger partial charge in [0.15, 0.2) is 5.69 Å². The normalized spacial score (nSPS) is 12.8. The fourth-order valence-electron chi connectivity index (χ4n) is 1.90. The van der Waals surface area contributed by atoms with Gasteiger partial charge in [-0.25, -0.2) is 9.78 Å². The number of nitrogens with one attached hydrogen (secondary N) is 1. The van der Waals surface area contributed by atoms with Gasteiger partial charge >= 0.3 is 18.1 Å². The van der Waals surface area contributed by atoms with E-state index in [9.17, 15) is 22.8 Å². The van der Waals surface area contributed by atoms with Crippen molar-refractivity contribution < 1.29 is 31.9 Å². The second-order valence-electron chi connectivity index (χ2n) is 5.34. The number of methoxy groups -OCH3 is 1. The zero-order valence-corrected chi connectivity index (χ0v) is 13.6. The number of nitrogens with zero attached hydrogens (tertiary/aromatic N) is 1. The Balaban J connectivity index is 3.19. The van der Waals surface area contributed by atoms with Gasteiger partial charge in [0, 0.05) is 6.42 Å². The highest BCUT2D eigenvalue weighted by Gasteiger charge is 2.41. The lowest BCUT2D eigenvalue weighted by Gasteiger charge is -2.19. The van der Waals surface area contributed by atoms with E-state index < -0.39 is 30.0 Å². The van der Waals surface area contributed by atoms with Gasteiger partial charge in [-0.1, -0.05) is 19.9 Å². The largest absolute Gasteiger partial charge is 0.471 e. The molecule has 1 atom stereocenters. The number of hydrogen-bond acceptors (Lipinski definition) is 5. The minimum Gasteiger partial charge on any atom is -0.464 e. The Bertz CT molecular complexity index is 608. The van der Waals surface area contributed by atoms with Crippen LogP contribution < -0.4 is 5.32 Å². The van der Waals surface area contributed by atoms with E-state index in [4.69, 9.17) is 4.42 Å². The molecule has 1 aromatic heterocycles. The number of carbonyl (C=O) groups excluding carboxylic acids is 2. The first kappa shape index (κ1) is 19.7. The summed E-state index contributed by atoms with van der Waals surface area (Å²) in [5.74, 6) is -3.33. The predicted molar refractivity (Wildman–Crippen MR) is 78.1 cm³/mol. The molecule has 0 saturated carbocycles. The lowest BCUT2D eigenvalue weighted by molar-refractivity contribution is -0.175. The molecule has 1 amide bonds. The average molecular weight is 348 g/mol. The second-order valence-corrected chi connectivity index (χ2v) is 5.34. The van der Waals surface area contributed by atoms with Crippen LogP contribution in [-0.4, -0.2) is 30.1 Å². The summed E-state index contributed by atoms with van der Waals surface area (Å²) in [7, 11) is 1.15. The van der Waals surface area contributed by atoms with Crippen molar-refractivity contribution in [2.75, 3.05) is 7.11 Å². The number of carbonyl (C=O) groups is 2. The van der Waals surface area contributed by atoms with E-state index >= 15 is 0 Å². The summed E-state index contributed by atoms with van der Waals surface area (Å²) in [6, 6.07) is -1.14. The van der Waals surface area contributed by atoms with Crippen LogP contribution in [-0.2, 0) is 16.0 Å². The van der Waals surface area contributed by atoms with Gasteiger partial charge in [-0.05, 0) is 12.3 Å². The first-order chi connectivity index (χ1) is 11.1. The Morgan fingerprint density at radius 1 is 1.42 bits per heavy atom. The summed E-state index contributed by atoms with van der Waals surface area (Å²) >= 11 is 0. The van der Waals surface area contributed by atoms with E-state index in [1.54, 1.807) is 19.9 Å². The van der Waals surface area contributed by atoms with Crippen molar-refractivity contribution in [3.05, 3.63) is 30.0 Å². The number of alkyl halides is 3. The number of oxazole rings is 1. The van der Waals surface area contributed by atoms with Crippen LogP contribution >= 0.6 is 0 Å². The number of amides is 1. The highest BCUT2D eigenvalue weighted by molar-refractivity contribution is 5.88. The van der Waals surface area contributed by atoms with Crippen molar-refractivity contribution in [1.82, 2.24) is 10.3 Å². The Morgan fingerprint density at radius 3 is 2.50 bits per heavy atom. The van der Waals surface area contributed by atoms with Gasteiger partial charge < -0.3 is 14.5 Å². The summed E-state index contributed by atoms with van der Waals surface area (Å²) in [4.78, 5) is 26.9. The predicted octanol–water partition coefficient (Wildman–Crippen LogP) is 2.96. The van der Waals surface area contributed by atoms with Crippen molar-refractivity contribution in [3.8, 4) is 0 Å². The highest BCUT2D eigenvalue weighted by Crippen LogP contribution is 2.26. The molecule has 1 rings (SSSR count). The maximum atomic E-state index is 12.5. The lowest BCUT2D eigenvalue weighted by Crippen LogP contribution is -2.41. The number of ether oxygens (including phenoxy) is 1. The number of rotatable bonds is 7. The topological polar surface area (TPSA) is 81.4 Å². The number of hydrogen-bond donors (Lipinski definition) is 1. The van der Waals surface area contributed by atoms with E-state index in [2.05, 4.69) is 16.3 Å². The molecule has 1 unspecified atom stereocenters. The van der Waals surface area contributed by atoms with Gasteiger partial charge in [-0.3, -0.25) is 4.79 Å². The molecule has 0 radical (unpaired) electrons. The van der Waals surface area contributed by atoms with Gasteiger partial charge in [0.05, 0.1) is 7.11 Å². The van der Waals surface area contributed by atoms with Crippen LogP contribution in [0.3, 0.4) is 0 Å². The molecule has 0 bridgehead atoms. The van der Waals surface area contributed by atoms with Crippen LogP contribution in [0.15, 0.2) is 17.1 Å². The van der Waals surface area contributed by atoms with Gasteiger partial charge in [0.2, 0.25) is 5.89 Å². The minimum absolute atomic E-state index is 0.124. The molecule has 1 heterocycles. The Hall–Kier alpha value is -2.32. The van der Waals surface area contributed by atoms with Crippen molar-refractivity contribution >= 4 is 11.9 Å². The summed E-state index contributed by atoms with van der Waals surface area (Å²) in [6.45, 7) is 6.73. The van der Waals surface area contributed by atoms with Crippen molar-refractivity contribution in [1.29, 1.82) is 0 Å². The third kappa shape index (κ3) is 4.84. The molecule has 24 heavy (non-hydrogen) atoms. The van der Waals surface area contributed by atoms with Crippen LogP contribution in [0.1, 0.15) is 48.4 Å². The number of aromatic nitrogens is 1. The number of allylic oxidation sites excluding steroid dienone is 1. The van der Waals surface area contributed by atoms with Crippen LogP contribution in [0.4, 0.5) is 13.2 Å².